The molecule has 108 valence electrons. The monoisotopic (exact) mass is 264 g/mol. The Balaban J connectivity index is 2.66. The molecule has 0 radical (unpaired) electrons. The Hall–Kier alpha value is -1.06. The molecule has 0 atom stereocenters. The van der Waals surface area contributed by atoms with E-state index in [1.54, 1.807) is 7.11 Å². The van der Waals surface area contributed by atoms with Crippen LogP contribution >= 0.6 is 0 Å². The van der Waals surface area contributed by atoms with Crippen molar-refractivity contribution in [2.24, 2.45) is 0 Å². The Labute approximate surface area is 118 Å². The first kappa shape index (κ1) is 16.0. The van der Waals surface area contributed by atoms with Crippen LogP contribution in [0.25, 0.3) is 0 Å². The average Bonchev–Trinajstić information content (AvgIpc) is 2.36. The number of hydrogen-bond donors (Lipinski definition) is 1. The Morgan fingerprint density at radius 1 is 1.21 bits per heavy atom. The number of hydrogen-bond acceptors (Lipinski definition) is 3. The molecule has 0 saturated carbocycles. The first-order chi connectivity index (χ1) is 8.94. The number of methoxy groups -OCH3 is 1. The Kier molecular flexibility index (Phi) is 6.32. The lowest BCUT2D eigenvalue weighted by Crippen LogP contribution is -2.35. The van der Waals surface area contributed by atoms with E-state index in [9.17, 15) is 0 Å². The van der Waals surface area contributed by atoms with Crippen LogP contribution in [0.3, 0.4) is 0 Å². The normalized spacial score (nSPS) is 11.6. The predicted octanol–water partition coefficient (Wildman–Crippen LogP) is 3.05. The van der Waals surface area contributed by atoms with Gasteiger partial charge in [-0.25, -0.2) is 0 Å². The van der Waals surface area contributed by atoms with E-state index in [4.69, 9.17) is 4.74 Å². The third kappa shape index (κ3) is 6.08. The molecule has 0 aliphatic rings. The molecule has 0 unspecified atom stereocenters. The molecule has 0 bridgehead atoms. The minimum Gasteiger partial charge on any atom is -0.385 e. The second-order valence-electron chi connectivity index (χ2n) is 6.00. The van der Waals surface area contributed by atoms with Gasteiger partial charge in [0, 0.05) is 45.1 Å². The Morgan fingerprint density at radius 2 is 1.89 bits per heavy atom. The van der Waals surface area contributed by atoms with Crippen LogP contribution in [0.5, 0.6) is 0 Å². The summed E-state index contributed by atoms with van der Waals surface area (Å²) in [4.78, 5) is 2.30. The molecule has 0 spiro atoms. The van der Waals surface area contributed by atoms with Gasteiger partial charge in [0.15, 0.2) is 0 Å². The van der Waals surface area contributed by atoms with Gasteiger partial charge in [0.2, 0.25) is 0 Å². The van der Waals surface area contributed by atoms with E-state index in [1.165, 1.54) is 11.3 Å². The summed E-state index contributed by atoms with van der Waals surface area (Å²) in [5, 5.41) is 3.55. The zero-order chi connectivity index (χ0) is 14.3. The molecule has 3 nitrogen and oxygen atoms in total. The minimum absolute atomic E-state index is 0.141. The van der Waals surface area contributed by atoms with Crippen molar-refractivity contribution in [3.05, 3.63) is 29.8 Å². The molecule has 0 saturated heterocycles. The molecule has 0 fully saturated rings. The standard InChI is InChI=1S/C16H28N2O/c1-16(2,3)17-13-14-9-6-7-10-15(14)18(4)11-8-12-19-5/h6-7,9-10,17H,8,11-13H2,1-5H3. The van der Waals surface area contributed by atoms with Gasteiger partial charge in [-0.1, -0.05) is 18.2 Å². The van der Waals surface area contributed by atoms with Crippen LogP contribution in [-0.2, 0) is 11.3 Å². The van der Waals surface area contributed by atoms with Gasteiger partial charge < -0.3 is 15.0 Å². The van der Waals surface area contributed by atoms with Crippen molar-refractivity contribution in [3.63, 3.8) is 0 Å². The fourth-order valence-electron chi connectivity index (χ4n) is 1.96. The largest absolute Gasteiger partial charge is 0.385 e. The van der Waals surface area contributed by atoms with Gasteiger partial charge in [0.1, 0.15) is 0 Å². The van der Waals surface area contributed by atoms with Crippen LogP contribution in [0, 0.1) is 0 Å². The summed E-state index contributed by atoms with van der Waals surface area (Å²) in [6, 6.07) is 8.59. The zero-order valence-corrected chi connectivity index (χ0v) is 13.0. The van der Waals surface area contributed by atoms with Crippen molar-refractivity contribution in [3.8, 4) is 0 Å². The summed E-state index contributed by atoms with van der Waals surface area (Å²) >= 11 is 0. The SMILES string of the molecule is COCCCN(C)c1ccccc1CNC(C)(C)C. The van der Waals surface area contributed by atoms with Gasteiger partial charge >= 0.3 is 0 Å². The van der Waals surface area contributed by atoms with E-state index in [2.05, 4.69) is 62.3 Å². The molecule has 19 heavy (non-hydrogen) atoms. The smallest absolute Gasteiger partial charge is 0.0479 e. The molecule has 0 aliphatic heterocycles. The molecule has 1 aromatic rings. The second-order valence-corrected chi connectivity index (χ2v) is 6.00. The Morgan fingerprint density at radius 3 is 2.53 bits per heavy atom. The van der Waals surface area contributed by atoms with Crippen molar-refractivity contribution in [2.45, 2.75) is 39.3 Å². The van der Waals surface area contributed by atoms with Crippen LogP contribution in [0.2, 0.25) is 0 Å². The highest BCUT2D eigenvalue weighted by Crippen LogP contribution is 2.20. The first-order valence-electron chi connectivity index (χ1n) is 6.97. The number of anilines is 1. The molecule has 0 aromatic heterocycles. The van der Waals surface area contributed by atoms with Crippen LogP contribution in [0.4, 0.5) is 5.69 Å². The van der Waals surface area contributed by atoms with Crippen molar-refractivity contribution in [2.75, 3.05) is 32.2 Å². The second kappa shape index (κ2) is 7.51. The van der Waals surface area contributed by atoms with Crippen molar-refractivity contribution < 1.29 is 4.74 Å². The summed E-state index contributed by atoms with van der Waals surface area (Å²) in [6.45, 7) is 9.30. The van der Waals surface area contributed by atoms with E-state index >= 15 is 0 Å². The molecule has 1 aromatic carbocycles. The topological polar surface area (TPSA) is 24.5 Å². The van der Waals surface area contributed by atoms with E-state index in [0.717, 1.165) is 26.1 Å². The van der Waals surface area contributed by atoms with Gasteiger partial charge in [-0.3, -0.25) is 0 Å². The highest BCUT2D eigenvalue weighted by Gasteiger charge is 2.11. The third-order valence-corrected chi connectivity index (χ3v) is 3.05. The number of rotatable bonds is 7. The van der Waals surface area contributed by atoms with Crippen LogP contribution in [0.1, 0.15) is 32.8 Å². The summed E-state index contributed by atoms with van der Waals surface area (Å²) in [6.07, 6.45) is 1.05. The average molecular weight is 264 g/mol. The minimum atomic E-state index is 0.141. The number of nitrogens with one attached hydrogen (secondary N) is 1. The molecule has 0 aliphatic carbocycles. The fraction of sp³-hybridized carbons (Fsp3) is 0.625. The van der Waals surface area contributed by atoms with Gasteiger partial charge in [0.05, 0.1) is 0 Å². The summed E-state index contributed by atoms with van der Waals surface area (Å²) < 4.78 is 5.11. The Bertz CT molecular complexity index is 371. The fourth-order valence-corrected chi connectivity index (χ4v) is 1.96. The first-order valence-corrected chi connectivity index (χ1v) is 6.97. The molecule has 3 heteroatoms. The lowest BCUT2D eigenvalue weighted by atomic mass is 10.1. The van der Waals surface area contributed by atoms with Gasteiger partial charge in [-0.05, 0) is 38.8 Å². The number of para-hydroxylation sites is 1. The zero-order valence-electron chi connectivity index (χ0n) is 13.0. The quantitative estimate of drug-likeness (QED) is 0.766. The van der Waals surface area contributed by atoms with E-state index < -0.39 is 0 Å². The lowest BCUT2D eigenvalue weighted by molar-refractivity contribution is 0.196. The van der Waals surface area contributed by atoms with Crippen LogP contribution < -0.4 is 10.2 Å². The summed E-state index contributed by atoms with van der Waals surface area (Å²) in [7, 11) is 3.90. The highest BCUT2D eigenvalue weighted by molar-refractivity contribution is 5.53. The van der Waals surface area contributed by atoms with E-state index in [0.29, 0.717) is 0 Å². The maximum absolute atomic E-state index is 5.11. The van der Waals surface area contributed by atoms with Gasteiger partial charge in [-0.15, -0.1) is 0 Å². The van der Waals surface area contributed by atoms with Gasteiger partial charge in [-0.2, -0.15) is 0 Å². The maximum Gasteiger partial charge on any atom is 0.0479 e. The molecular formula is C16H28N2O. The summed E-state index contributed by atoms with van der Waals surface area (Å²) in [5.74, 6) is 0. The number of benzene rings is 1. The van der Waals surface area contributed by atoms with E-state index in [1.807, 2.05) is 0 Å². The third-order valence-electron chi connectivity index (χ3n) is 3.05. The molecular weight excluding hydrogens is 236 g/mol. The van der Waals surface area contributed by atoms with E-state index in [-0.39, 0.29) is 5.54 Å². The number of nitrogens with zero attached hydrogens (tertiary/aromatic N) is 1. The van der Waals surface area contributed by atoms with Crippen molar-refractivity contribution in [1.82, 2.24) is 5.32 Å². The number of ether oxygens (including phenoxy) is 1. The molecule has 0 heterocycles. The van der Waals surface area contributed by atoms with Crippen LogP contribution in [-0.4, -0.2) is 32.8 Å². The summed E-state index contributed by atoms with van der Waals surface area (Å²) in [5.41, 5.74) is 2.79. The maximum atomic E-state index is 5.11. The molecule has 1 rings (SSSR count). The highest BCUT2D eigenvalue weighted by atomic mass is 16.5. The lowest BCUT2D eigenvalue weighted by Gasteiger charge is -2.25. The van der Waals surface area contributed by atoms with Gasteiger partial charge in [0.25, 0.3) is 0 Å². The van der Waals surface area contributed by atoms with Crippen molar-refractivity contribution >= 4 is 5.69 Å². The molecule has 0 amide bonds. The van der Waals surface area contributed by atoms with Crippen molar-refractivity contribution in [1.29, 1.82) is 0 Å². The molecule has 1 N–H and O–H groups in total. The van der Waals surface area contributed by atoms with Crippen LogP contribution in [0.15, 0.2) is 24.3 Å². The predicted molar refractivity (Wildman–Crippen MR) is 82.8 cm³/mol.